The molecular formula is C14H18ClFN4O. The number of pyridine rings is 1. The molecule has 0 aliphatic heterocycles. The molecule has 0 aromatic carbocycles. The van der Waals surface area contributed by atoms with Gasteiger partial charge in [0.15, 0.2) is 0 Å². The number of aromatic nitrogens is 3. The molecule has 0 saturated carbocycles. The van der Waals surface area contributed by atoms with E-state index in [0.717, 1.165) is 12.7 Å². The Morgan fingerprint density at radius 2 is 2.10 bits per heavy atom. The summed E-state index contributed by atoms with van der Waals surface area (Å²) >= 11 is 6.17. The molecule has 1 atom stereocenters. The number of likely N-dealkylation sites (N-methyl/N-ethyl adjacent to an activating group) is 1. The third-order valence-corrected chi connectivity index (χ3v) is 3.52. The molecule has 5 nitrogen and oxygen atoms in total. The average molecular weight is 313 g/mol. The van der Waals surface area contributed by atoms with Crippen LogP contribution < -0.4 is 0 Å². The van der Waals surface area contributed by atoms with Gasteiger partial charge in [-0.2, -0.15) is 5.10 Å². The molecule has 2 rings (SSSR count). The standard InChI is InChI=1S/C14H18ClFN4O/c1-14(21,12-5-4-10(16)8-17-12)13-11(15)9-18-20(13)7-6-19(2)3/h4-5,8-9,21H,6-7H2,1-3H3. The molecule has 0 amide bonds. The maximum atomic E-state index is 13.0. The average Bonchev–Trinajstić information content (AvgIpc) is 2.78. The summed E-state index contributed by atoms with van der Waals surface area (Å²) in [7, 11) is 3.90. The summed E-state index contributed by atoms with van der Waals surface area (Å²) in [6, 6.07) is 2.69. The summed E-state index contributed by atoms with van der Waals surface area (Å²) in [5.41, 5.74) is -0.685. The van der Waals surface area contributed by atoms with Crippen LogP contribution in [-0.2, 0) is 12.1 Å². The monoisotopic (exact) mass is 312 g/mol. The Hall–Kier alpha value is -1.50. The van der Waals surface area contributed by atoms with Crippen LogP contribution in [0.2, 0.25) is 5.02 Å². The predicted octanol–water partition coefficient (Wildman–Crippen LogP) is 1.89. The van der Waals surface area contributed by atoms with Gasteiger partial charge in [-0.05, 0) is 33.2 Å². The zero-order valence-electron chi connectivity index (χ0n) is 12.2. The highest BCUT2D eigenvalue weighted by atomic mass is 35.5. The normalized spacial score (nSPS) is 14.4. The molecule has 114 valence electrons. The highest BCUT2D eigenvalue weighted by molar-refractivity contribution is 6.31. The van der Waals surface area contributed by atoms with Gasteiger partial charge in [0.25, 0.3) is 0 Å². The molecule has 21 heavy (non-hydrogen) atoms. The van der Waals surface area contributed by atoms with Crippen LogP contribution in [0.1, 0.15) is 18.3 Å². The largest absolute Gasteiger partial charge is 0.377 e. The molecule has 2 aromatic heterocycles. The van der Waals surface area contributed by atoms with Gasteiger partial charge in [0.1, 0.15) is 11.4 Å². The lowest BCUT2D eigenvalue weighted by molar-refractivity contribution is 0.0862. The molecule has 0 saturated heterocycles. The highest BCUT2D eigenvalue weighted by Crippen LogP contribution is 2.32. The summed E-state index contributed by atoms with van der Waals surface area (Å²) < 4.78 is 14.6. The van der Waals surface area contributed by atoms with E-state index in [-0.39, 0.29) is 0 Å². The van der Waals surface area contributed by atoms with E-state index in [4.69, 9.17) is 11.6 Å². The fourth-order valence-electron chi connectivity index (χ4n) is 2.10. The van der Waals surface area contributed by atoms with Gasteiger partial charge in [0.2, 0.25) is 0 Å². The SMILES string of the molecule is CN(C)CCn1ncc(Cl)c1C(C)(O)c1ccc(F)cn1. The van der Waals surface area contributed by atoms with Crippen molar-refractivity contribution < 1.29 is 9.50 Å². The van der Waals surface area contributed by atoms with E-state index in [1.807, 2.05) is 19.0 Å². The summed E-state index contributed by atoms with van der Waals surface area (Å²) in [5.74, 6) is -0.457. The fraction of sp³-hybridized carbons (Fsp3) is 0.429. The van der Waals surface area contributed by atoms with Crippen molar-refractivity contribution in [3.8, 4) is 0 Å². The second-order valence-corrected chi connectivity index (χ2v) is 5.71. The quantitative estimate of drug-likeness (QED) is 0.916. The topological polar surface area (TPSA) is 54.2 Å². The second-order valence-electron chi connectivity index (χ2n) is 5.30. The van der Waals surface area contributed by atoms with Crippen molar-refractivity contribution >= 4 is 11.6 Å². The van der Waals surface area contributed by atoms with Crippen molar-refractivity contribution in [2.24, 2.45) is 0 Å². The molecule has 2 aromatic rings. The Morgan fingerprint density at radius 3 is 2.67 bits per heavy atom. The van der Waals surface area contributed by atoms with E-state index in [0.29, 0.717) is 23.0 Å². The van der Waals surface area contributed by atoms with Crippen LogP contribution in [0.3, 0.4) is 0 Å². The van der Waals surface area contributed by atoms with Crippen molar-refractivity contribution in [3.05, 3.63) is 46.8 Å². The van der Waals surface area contributed by atoms with Gasteiger partial charge in [-0.3, -0.25) is 9.67 Å². The zero-order chi connectivity index (χ0) is 15.6. The van der Waals surface area contributed by atoms with Crippen molar-refractivity contribution in [3.63, 3.8) is 0 Å². The molecule has 7 heteroatoms. The van der Waals surface area contributed by atoms with Gasteiger partial charge >= 0.3 is 0 Å². The third kappa shape index (κ3) is 3.40. The van der Waals surface area contributed by atoms with E-state index in [1.54, 1.807) is 11.6 Å². The molecule has 0 radical (unpaired) electrons. The van der Waals surface area contributed by atoms with Crippen LogP contribution in [0.25, 0.3) is 0 Å². The van der Waals surface area contributed by atoms with E-state index in [9.17, 15) is 9.50 Å². The highest BCUT2D eigenvalue weighted by Gasteiger charge is 2.33. The third-order valence-electron chi connectivity index (χ3n) is 3.24. The van der Waals surface area contributed by atoms with E-state index >= 15 is 0 Å². The summed E-state index contributed by atoms with van der Waals surface area (Å²) in [6.45, 7) is 2.90. The van der Waals surface area contributed by atoms with Crippen molar-refractivity contribution in [2.45, 2.75) is 19.1 Å². The van der Waals surface area contributed by atoms with Crippen LogP contribution in [0.15, 0.2) is 24.5 Å². The van der Waals surface area contributed by atoms with Gasteiger partial charge in [-0.1, -0.05) is 11.6 Å². The number of halogens is 2. The molecule has 2 heterocycles. The first-order valence-corrected chi connectivity index (χ1v) is 6.91. The molecule has 0 aliphatic carbocycles. The summed E-state index contributed by atoms with van der Waals surface area (Å²) in [4.78, 5) is 5.95. The first kappa shape index (κ1) is 15.9. The maximum Gasteiger partial charge on any atom is 0.147 e. The predicted molar refractivity (Wildman–Crippen MR) is 78.7 cm³/mol. The van der Waals surface area contributed by atoms with E-state index in [1.165, 1.54) is 18.3 Å². The molecule has 1 unspecified atom stereocenters. The van der Waals surface area contributed by atoms with Crippen molar-refractivity contribution in [1.82, 2.24) is 19.7 Å². The van der Waals surface area contributed by atoms with Gasteiger partial charge in [0.05, 0.1) is 35.3 Å². The molecule has 0 fully saturated rings. The minimum Gasteiger partial charge on any atom is -0.377 e. The Labute approximate surface area is 128 Å². The van der Waals surface area contributed by atoms with Gasteiger partial charge in [-0.25, -0.2) is 4.39 Å². The van der Waals surface area contributed by atoms with E-state index < -0.39 is 11.4 Å². The first-order valence-electron chi connectivity index (χ1n) is 6.53. The van der Waals surface area contributed by atoms with Crippen LogP contribution in [0.4, 0.5) is 4.39 Å². The Kier molecular flexibility index (Phi) is 4.61. The number of nitrogens with zero attached hydrogens (tertiary/aromatic N) is 4. The van der Waals surface area contributed by atoms with Crippen molar-refractivity contribution in [2.75, 3.05) is 20.6 Å². The zero-order valence-corrected chi connectivity index (χ0v) is 13.0. The van der Waals surface area contributed by atoms with Crippen LogP contribution in [-0.4, -0.2) is 45.4 Å². The number of hydrogen-bond acceptors (Lipinski definition) is 4. The molecule has 1 N–H and O–H groups in total. The van der Waals surface area contributed by atoms with Gasteiger partial charge < -0.3 is 10.0 Å². The first-order chi connectivity index (χ1) is 9.82. The lowest BCUT2D eigenvalue weighted by Gasteiger charge is -2.25. The molecule has 0 aliphatic rings. The molecular weight excluding hydrogens is 295 g/mol. The summed E-state index contributed by atoms with van der Waals surface area (Å²) in [5, 5.41) is 15.4. The van der Waals surface area contributed by atoms with Crippen molar-refractivity contribution in [1.29, 1.82) is 0 Å². The van der Waals surface area contributed by atoms with Gasteiger partial charge in [-0.15, -0.1) is 0 Å². The fourth-order valence-corrected chi connectivity index (χ4v) is 2.42. The minimum absolute atomic E-state index is 0.317. The molecule has 0 spiro atoms. The maximum absolute atomic E-state index is 13.0. The number of rotatable bonds is 5. The minimum atomic E-state index is -1.45. The van der Waals surface area contributed by atoms with E-state index in [2.05, 4.69) is 10.1 Å². The number of hydrogen-bond donors (Lipinski definition) is 1. The van der Waals surface area contributed by atoms with Gasteiger partial charge in [0, 0.05) is 6.54 Å². The Bertz CT molecular complexity index is 610. The Balaban J connectivity index is 2.39. The number of aliphatic hydroxyl groups is 1. The smallest absolute Gasteiger partial charge is 0.147 e. The molecule has 0 bridgehead atoms. The lowest BCUT2D eigenvalue weighted by atomic mass is 9.97. The van der Waals surface area contributed by atoms with Crippen LogP contribution >= 0.6 is 11.6 Å². The summed E-state index contributed by atoms with van der Waals surface area (Å²) in [6.07, 6.45) is 2.56. The van der Waals surface area contributed by atoms with Crippen LogP contribution in [0.5, 0.6) is 0 Å². The second kappa shape index (κ2) is 6.09. The lowest BCUT2D eigenvalue weighted by Crippen LogP contribution is -2.30. The van der Waals surface area contributed by atoms with Crippen LogP contribution in [0, 0.1) is 5.82 Å². The Morgan fingerprint density at radius 1 is 1.38 bits per heavy atom.